The summed E-state index contributed by atoms with van der Waals surface area (Å²) in [6.07, 6.45) is 2.15. The van der Waals surface area contributed by atoms with Gasteiger partial charge in [0, 0.05) is 6.04 Å². The molecule has 5 heteroatoms. The molecule has 0 heterocycles. The highest BCUT2D eigenvalue weighted by Gasteiger charge is 2.36. The minimum atomic E-state index is -0.549. The van der Waals surface area contributed by atoms with E-state index in [0.717, 1.165) is 12.8 Å². The van der Waals surface area contributed by atoms with Crippen LogP contribution in [0.15, 0.2) is 0 Å². The van der Waals surface area contributed by atoms with Gasteiger partial charge in [0.15, 0.2) is 0 Å². The maximum absolute atomic E-state index is 11.5. The minimum absolute atomic E-state index is 0.0200. The predicted molar refractivity (Wildman–Crippen MR) is 66.2 cm³/mol. The van der Waals surface area contributed by atoms with Crippen molar-refractivity contribution in [3.8, 4) is 0 Å². The molecule has 0 aromatic carbocycles. The number of nitrogens with two attached hydrogens (primary N) is 1. The summed E-state index contributed by atoms with van der Waals surface area (Å²) in [7, 11) is 0. The Morgan fingerprint density at radius 3 is 2.53 bits per heavy atom. The van der Waals surface area contributed by atoms with Crippen LogP contribution in [0.25, 0.3) is 0 Å². The Balaban J connectivity index is 2.18. The largest absolute Gasteiger partial charge is 0.352 e. The van der Waals surface area contributed by atoms with Crippen molar-refractivity contribution < 1.29 is 9.59 Å². The molecule has 2 unspecified atom stereocenters. The molecule has 1 rings (SSSR count). The molecule has 0 aromatic rings. The second-order valence-corrected chi connectivity index (χ2v) is 5.07. The maximum Gasteiger partial charge on any atom is 0.239 e. The smallest absolute Gasteiger partial charge is 0.239 e. The second-order valence-electron chi connectivity index (χ2n) is 5.07. The number of rotatable bonds is 6. The van der Waals surface area contributed by atoms with E-state index in [9.17, 15) is 9.59 Å². The van der Waals surface area contributed by atoms with Crippen LogP contribution >= 0.6 is 0 Å². The Kier molecular flexibility index (Phi) is 4.93. The highest BCUT2D eigenvalue weighted by Crippen LogP contribution is 2.32. The van der Waals surface area contributed by atoms with Crippen molar-refractivity contribution in [2.24, 2.45) is 17.6 Å². The van der Waals surface area contributed by atoms with Gasteiger partial charge in [-0.05, 0) is 18.3 Å². The van der Waals surface area contributed by atoms with Gasteiger partial charge in [0.1, 0.15) is 0 Å². The highest BCUT2D eigenvalue weighted by atomic mass is 16.2. The number of carbonyl (C=O) groups is 2. The van der Waals surface area contributed by atoms with Gasteiger partial charge in [-0.1, -0.05) is 27.2 Å². The van der Waals surface area contributed by atoms with E-state index in [0.29, 0.717) is 12.0 Å². The molecule has 0 aromatic heterocycles. The molecule has 1 aliphatic rings. The zero-order chi connectivity index (χ0) is 13.0. The average molecular weight is 241 g/mol. The maximum atomic E-state index is 11.5. The fourth-order valence-electron chi connectivity index (χ4n) is 1.72. The van der Waals surface area contributed by atoms with Gasteiger partial charge < -0.3 is 16.4 Å². The number of hydrogen-bond donors (Lipinski definition) is 3. The lowest BCUT2D eigenvalue weighted by Gasteiger charge is -2.15. The summed E-state index contributed by atoms with van der Waals surface area (Å²) in [6.45, 7) is 5.88. The van der Waals surface area contributed by atoms with Gasteiger partial charge in [-0.25, -0.2) is 0 Å². The van der Waals surface area contributed by atoms with E-state index in [1.807, 2.05) is 13.8 Å². The molecule has 0 aliphatic heterocycles. The van der Waals surface area contributed by atoms with E-state index < -0.39 is 6.04 Å². The van der Waals surface area contributed by atoms with Crippen molar-refractivity contribution in [3.63, 3.8) is 0 Å². The standard InChI is InChI=1S/C12H23N3O2/c1-4-8-5-9(8)15-10(16)6-14-12(17)11(13)7(2)3/h7-9,11H,4-6,13H2,1-3H3,(H,14,17)(H,15,16)/t8?,9?,11-/m0/s1. The van der Waals surface area contributed by atoms with Crippen LogP contribution in [0.1, 0.15) is 33.6 Å². The third-order valence-electron chi connectivity index (χ3n) is 3.24. The SMILES string of the molecule is CCC1CC1NC(=O)CNC(=O)[C@@H](N)C(C)C. The van der Waals surface area contributed by atoms with E-state index in [4.69, 9.17) is 5.73 Å². The van der Waals surface area contributed by atoms with Crippen LogP contribution in [0.4, 0.5) is 0 Å². The Hall–Kier alpha value is -1.10. The van der Waals surface area contributed by atoms with E-state index >= 15 is 0 Å². The first-order valence-corrected chi connectivity index (χ1v) is 6.28. The monoisotopic (exact) mass is 241 g/mol. The molecule has 0 spiro atoms. The molecule has 3 atom stereocenters. The predicted octanol–water partition coefficient (Wildman–Crippen LogP) is 0.000600. The van der Waals surface area contributed by atoms with E-state index in [1.165, 1.54) is 0 Å². The van der Waals surface area contributed by atoms with Gasteiger partial charge in [0.05, 0.1) is 12.6 Å². The summed E-state index contributed by atoms with van der Waals surface area (Å²) in [6, 6.07) is -0.240. The molecule has 1 saturated carbocycles. The average Bonchev–Trinajstić information content (AvgIpc) is 3.03. The lowest BCUT2D eigenvalue weighted by Crippen LogP contribution is -2.47. The Labute approximate surface area is 103 Å². The first kappa shape index (κ1) is 14.0. The second kappa shape index (κ2) is 6.00. The van der Waals surface area contributed by atoms with Gasteiger partial charge in [-0.15, -0.1) is 0 Å². The number of hydrogen-bond acceptors (Lipinski definition) is 3. The molecular weight excluding hydrogens is 218 g/mol. The van der Waals surface area contributed by atoms with Crippen molar-refractivity contribution in [1.82, 2.24) is 10.6 Å². The van der Waals surface area contributed by atoms with Crippen LogP contribution < -0.4 is 16.4 Å². The van der Waals surface area contributed by atoms with Crippen molar-refractivity contribution in [3.05, 3.63) is 0 Å². The topological polar surface area (TPSA) is 84.2 Å². The number of nitrogens with one attached hydrogen (secondary N) is 2. The van der Waals surface area contributed by atoms with Crippen LogP contribution in [0.3, 0.4) is 0 Å². The molecule has 17 heavy (non-hydrogen) atoms. The molecule has 0 saturated heterocycles. The van der Waals surface area contributed by atoms with Crippen LogP contribution in [-0.4, -0.2) is 30.4 Å². The summed E-state index contributed by atoms with van der Waals surface area (Å²) in [5, 5.41) is 5.44. The van der Waals surface area contributed by atoms with Gasteiger partial charge in [-0.3, -0.25) is 9.59 Å². The van der Waals surface area contributed by atoms with Crippen LogP contribution in [0, 0.1) is 11.8 Å². The molecule has 0 bridgehead atoms. The van der Waals surface area contributed by atoms with E-state index in [2.05, 4.69) is 17.6 Å². The molecule has 0 radical (unpaired) electrons. The summed E-state index contributed by atoms with van der Waals surface area (Å²) in [5.74, 6) is 0.298. The van der Waals surface area contributed by atoms with Gasteiger partial charge in [-0.2, -0.15) is 0 Å². The summed E-state index contributed by atoms with van der Waals surface area (Å²) >= 11 is 0. The molecule has 1 aliphatic carbocycles. The van der Waals surface area contributed by atoms with Crippen molar-refractivity contribution in [1.29, 1.82) is 0 Å². The summed E-state index contributed by atoms with van der Waals surface area (Å²) in [4.78, 5) is 23.0. The van der Waals surface area contributed by atoms with Crippen molar-refractivity contribution >= 4 is 11.8 Å². The van der Waals surface area contributed by atoms with Crippen LogP contribution in [0.5, 0.6) is 0 Å². The lowest BCUT2D eigenvalue weighted by molar-refractivity contribution is -0.127. The molecule has 4 N–H and O–H groups in total. The van der Waals surface area contributed by atoms with Gasteiger partial charge in [0.25, 0.3) is 0 Å². The quantitative estimate of drug-likeness (QED) is 0.612. The summed E-state index contributed by atoms with van der Waals surface area (Å²) in [5.41, 5.74) is 5.66. The third-order valence-corrected chi connectivity index (χ3v) is 3.24. The first-order chi connectivity index (χ1) is 7.95. The Bertz CT molecular complexity index is 291. The Morgan fingerprint density at radius 1 is 1.41 bits per heavy atom. The molecule has 98 valence electrons. The van der Waals surface area contributed by atoms with E-state index in [-0.39, 0.29) is 24.3 Å². The fraction of sp³-hybridized carbons (Fsp3) is 0.833. The number of amides is 2. The van der Waals surface area contributed by atoms with Crippen molar-refractivity contribution in [2.45, 2.75) is 45.7 Å². The first-order valence-electron chi connectivity index (χ1n) is 6.28. The Morgan fingerprint density at radius 2 is 2.06 bits per heavy atom. The minimum Gasteiger partial charge on any atom is -0.352 e. The lowest BCUT2D eigenvalue weighted by atomic mass is 10.1. The summed E-state index contributed by atoms with van der Waals surface area (Å²) < 4.78 is 0. The molecule has 5 nitrogen and oxygen atoms in total. The number of carbonyl (C=O) groups excluding carboxylic acids is 2. The fourth-order valence-corrected chi connectivity index (χ4v) is 1.72. The zero-order valence-electron chi connectivity index (χ0n) is 10.8. The van der Waals surface area contributed by atoms with Crippen LogP contribution in [-0.2, 0) is 9.59 Å². The molecular formula is C12H23N3O2. The van der Waals surface area contributed by atoms with E-state index in [1.54, 1.807) is 0 Å². The van der Waals surface area contributed by atoms with Crippen molar-refractivity contribution in [2.75, 3.05) is 6.54 Å². The molecule has 2 amide bonds. The molecule has 1 fully saturated rings. The normalized spacial score (nSPS) is 24.3. The highest BCUT2D eigenvalue weighted by molar-refractivity contribution is 5.87. The third kappa shape index (κ3) is 4.34. The zero-order valence-corrected chi connectivity index (χ0v) is 10.8. The van der Waals surface area contributed by atoms with Crippen LogP contribution in [0.2, 0.25) is 0 Å². The van der Waals surface area contributed by atoms with Gasteiger partial charge >= 0.3 is 0 Å². The van der Waals surface area contributed by atoms with Gasteiger partial charge in [0.2, 0.25) is 11.8 Å².